The van der Waals surface area contributed by atoms with Crippen LogP contribution >= 0.6 is 0 Å². The van der Waals surface area contributed by atoms with Gasteiger partial charge in [-0.3, -0.25) is 14.5 Å². The summed E-state index contributed by atoms with van der Waals surface area (Å²) in [5.74, 6) is 0.632. The fraction of sp³-hybridized carbons (Fsp3) is 0.500. The number of carbonyl (C=O) groups excluding carboxylic acids is 2. The van der Waals surface area contributed by atoms with Crippen molar-refractivity contribution in [3.8, 4) is 11.5 Å². The van der Waals surface area contributed by atoms with E-state index in [0.29, 0.717) is 47.9 Å². The van der Waals surface area contributed by atoms with Crippen molar-refractivity contribution in [2.24, 2.45) is 0 Å². The van der Waals surface area contributed by atoms with Crippen LogP contribution in [0, 0.1) is 0 Å². The molecule has 2 aliphatic heterocycles. The Morgan fingerprint density at radius 1 is 0.963 bits per heavy atom. The molecule has 1 saturated heterocycles. The molecule has 0 atom stereocenters. The van der Waals surface area contributed by atoms with Gasteiger partial charge in [0.05, 0.1) is 19.8 Å². The summed E-state index contributed by atoms with van der Waals surface area (Å²) in [6.07, 6.45) is 2.65. The molecule has 0 bridgehead atoms. The first-order chi connectivity index (χ1) is 13.1. The molecule has 27 heavy (non-hydrogen) atoms. The molecule has 0 aromatic heterocycles. The molecule has 3 rings (SSSR count). The van der Waals surface area contributed by atoms with Gasteiger partial charge in [0.1, 0.15) is 5.70 Å². The molecule has 1 aromatic carbocycles. The van der Waals surface area contributed by atoms with Crippen molar-refractivity contribution in [1.29, 1.82) is 0 Å². The molecule has 2 aliphatic rings. The number of carbonyl (C=O) groups is 2. The fourth-order valence-electron chi connectivity index (χ4n) is 3.62. The highest BCUT2D eigenvalue weighted by Crippen LogP contribution is 2.37. The smallest absolute Gasteiger partial charge is 0.277 e. The average Bonchev–Trinajstić information content (AvgIpc) is 3.29. The second-order valence-electron chi connectivity index (χ2n) is 6.60. The highest BCUT2D eigenvalue weighted by atomic mass is 16.5. The number of rotatable bonds is 8. The van der Waals surface area contributed by atoms with Gasteiger partial charge in [0.15, 0.2) is 11.5 Å². The van der Waals surface area contributed by atoms with Crippen LogP contribution in [-0.2, 0) is 14.3 Å². The van der Waals surface area contributed by atoms with Crippen LogP contribution in [0.25, 0.3) is 5.57 Å². The summed E-state index contributed by atoms with van der Waals surface area (Å²) in [7, 11) is 4.72. The van der Waals surface area contributed by atoms with E-state index in [-0.39, 0.29) is 11.8 Å². The van der Waals surface area contributed by atoms with E-state index in [4.69, 9.17) is 14.2 Å². The third kappa shape index (κ3) is 3.64. The Morgan fingerprint density at radius 2 is 1.67 bits per heavy atom. The quantitative estimate of drug-likeness (QED) is 0.512. The molecule has 0 unspecified atom stereocenters. The van der Waals surface area contributed by atoms with Crippen molar-refractivity contribution < 1.29 is 23.8 Å². The van der Waals surface area contributed by atoms with Crippen molar-refractivity contribution in [3.63, 3.8) is 0 Å². The number of benzene rings is 1. The van der Waals surface area contributed by atoms with Crippen molar-refractivity contribution in [1.82, 2.24) is 9.80 Å². The second kappa shape index (κ2) is 8.43. The summed E-state index contributed by atoms with van der Waals surface area (Å²) in [5.41, 5.74) is 1.62. The number of likely N-dealkylation sites (tertiary alicyclic amines) is 1. The SMILES string of the molecule is COCCCN1C(=O)C(c2ccc(OC)c(OC)c2)=C(N2CCCC2)C1=O. The Kier molecular flexibility index (Phi) is 6.01. The van der Waals surface area contributed by atoms with Crippen molar-refractivity contribution in [3.05, 3.63) is 29.5 Å². The Labute approximate surface area is 159 Å². The molecule has 1 aromatic rings. The molecule has 7 heteroatoms. The van der Waals surface area contributed by atoms with Crippen molar-refractivity contribution >= 4 is 17.4 Å². The molecule has 7 nitrogen and oxygen atoms in total. The zero-order valence-electron chi connectivity index (χ0n) is 16.1. The van der Waals surface area contributed by atoms with E-state index in [0.717, 1.165) is 25.9 Å². The highest BCUT2D eigenvalue weighted by Gasteiger charge is 2.41. The van der Waals surface area contributed by atoms with E-state index in [2.05, 4.69) is 0 Å². The fourth-order valence-corrected chi connectivity index (χ4v) is 3.62. The summed E-state index contributed by atoms with van der Waals surface area (Å²) in [4.78, 5) is 29.6. The van der Waals surface area contributed by atoms with Crippen LogP contribution in [0.3, 0.4) is 0 Å². The van der Waals surface area contributed by atoms with Gasteiger partial charge in [-0.15, -0.1) is 0 Å². The second-order valence-corrected chi connectivity index (χ2v) is 6.60. The lowest BCUT2D eigenvalue weighted by atomic mass is 10.0. The number of methoxy groups -OCH3 is 3. The van der Waals surface area contributed by atoms with Gasteiger partial charge in [0, 0.05) is 33.4 Å². The normalized spacial score (nSPS) is 17.3. The Balaban J connectivity index is 2.01. The van der Waals surface area contributed by atoms with E-state index >= 15 is 0 Å². The Bertz CT molecular complexity index is 753. The summed E-state index contributed by atoms with van der Waals surface area (Å²) in [5, 5.41) is 0. The minimum Gasteiger partial charge on any atom is -0.493 e. The van der Waals surface area contributed by atoms with Gasteiger partial charge in [-0.2, -0.15) is 0 Å². The Morgan fingerprint density at radius 3 is 2.30 bits per heavy atom. The minimum atomic E-state index is -0.259. The molecular weight excluding hydrogens is 348 g/mol. The number of hydrogen-bond acceptors (Lipinski definition) is 6. The number of ether oxygens (including phenoxy) is 3. The van der Waals surface area contributed by atoms with Gasteiger partial charge < -0.3 is 19.1 Å². The van der Waals surface area contributed by atoms with E-state index in [9.17, 15) is 9.59 Å². The maximum atomic E-state index is 13.1. The van der Waals surface area contributed by atoms with Crippen LogP contribution in [0.5, 0.6) is 11.5 Å². The van der Waals surface area contributed by atoms with Crippen LogP contribution in [0.4, 0.5) is 0 Å². The van der Waals surface area contributed by atoms with E-state index in [1.54, 1.807) is 39.5 Å². The van der Waals surface area contributed by atoms with E-state index in [1.165, 1.54) is 4.90 Å². The monoisotopic (exact) mass is 374 g/mol. The lowest BCUT2D eigenvalue weighted by molar-refractivity contribution is -0.137. The first kappa shape index (κ1) is 19.2. The first-order valence-electron chi connectivity index (χ1n) is 9.19. The van der Waals surface area contributed by atoms with E-state index in [1.807, 2.05) is 4.90 Å². The van der Waals surface area contributed by atoms with Crippen LogP contribution in [-0.4, -0.2) is 69.2 Å². The summed E-state index contributed by atoms with van der Waals surface area (Å²) in [6.45, 7) is 2.43. The number of imide groups is 1. The molecule has 0 aliphatic carbocycles. The molecule has 0 radical (unpaired) electrons. The van der Waals surface area contributed by atoms with E-state index < -0.39 is 0 Å². The maximum Gasteiger partial charge on any atom is 0.277 e. The number of nitrogens with zero attached hydrogens (tertiary/aromatic N) is 2. The number of amides is 2. The summed E-state index contributed by atoms with van der Waals surface area (Å²) >= 11 is 0. The van der Waals surface area contributed by atoms with Gasteiger partial charge in [0.25, 0.3) is 11.8 Å². The standard InChI is InChI=1S/C20H26N2O5/c1-25-12-6-11-22-19(23)17(18(20(22)24)21-9-4-5-10-21)14-7-8-15(26-2)16(13-14)27-3/h7-8,13H,4-6,9-12H2,1-3H3. The predicted octanol–water partition coefficient (Wildman–Crippen LogP) is 1.92. The molecule has 2 heterocycles. The topological polar surface area (TPSA) is 68.3 Å². The molecular formula is C20H26N2O5. The molecule has 2 amide bonds. The number of hydrogen-bond donors (Lipinski definition) is 0. The minimum absolute atomic E-state index is 0.220. The van der Waals surface area contributed by atoms with Crippen LogP contribution in [0.15, 0.2) is 23.9 Å². The summed E-state index contributed by atoms with van der Waals surface area (Å²) < 4.78 is 15.7. The largest absolute Gasteiger partial charge is 0.493 e. The Hall–Kier alpha value is -2.54. The lowest BCUT2D eigenvalue weighted by Crippen LogP contribution is -2.35. The van der Waals surface area contributed by atoms with Crippen molar-refractivity contribution in [2.45, 2.75) is 19.3 Å². The third-order valence-electron chi connectivity index (χ3n) is 4.97. The first-order valence-corrected chi connectivity index (χ1v) is 9.19. The van der Waals surface area contributed by atoms with Gasteiger partial charge in [0.2, 0.25) is 0 Å². The van der Waals surface area contributed by atoms with Gasteiger partial charge in [-0.25, -0.2) is 0 Å². The van der Waals surface area contributed by atoms with Crippen LogP contribution in [0.1, 0.15) is 24.8 Å². The molecule has 1 fully saturated rings. The van der Waals surface area contributed by atoms with Gasteiger partial charge in [-0.05, 0) is 37.0 Å². The molecule has 146 valence electrons. The zero-order chi connectivity index (χ0) is 19.4. The lowest BCUT2D eigenvalue weighted by Gasteiger charge is -2.20. The van der Waals surface area contributed by atoms with Crippen molar-refractivity contribution in [2.75, 3.05) is 47.6 Å². The molecule has 0 N–H and O–H groups in total. The average molecular weight is 374 g/mol. The third-order valence-corrected chi connectivity index (χ3v) is 4.97. The zero-order valence-corrected chi connectivity index (χ0v) is 16.1. The van der Waals surface area contributed by atoms with Crippen LogP contribution in [0.2, 0.25) is 0 Å². The maximum absolute atomic E-state index is 13.1. The molecule has 0 saturated carbocycles. The van der Waals surface area contributed by atoms with Gasteiger partial charge >= 0.3 is 0 Å². The van der Waals surface area contributed by atoms with Crippen LogP contribution < -0.4 is 9.47 Å². The predicted molar refractivity (Wildman–Crippen MR) is 100 cm³/mol. The molecule has 0 spiro atoms. The summed E-state index contributed by atoms with van der Waals surface area (Å²) in [6, 6.07) is 5.32. The van der Waals surface area contributed by atoms with Gasteiger partial charge in [-0.1, -0.05) is 6.07 Å². The highest BCUT2D eigenvalue weighted by molar-refractivity contribution is 6.35.